The van der Waals surface area contributed by atoms with Crippen molar-refractivity contribution in [2.45, 2.75) is 26.9 Å². The third-order valence-corrected chi connectivity index (χ3v) is 3.83. The van der Waals surface area contributed by atoms with Gasteiger partial charge in [-0.1, -0.05) is 29.8 Å². The second-order valence-corrected chi connectivity index (χ2v) is 5.95. The predicted octanol–water partition coefficient (Wildman–Crippen LogP) is 4.12. The summed E-state index contributed by atoms with van der Waals surface area (Å²) in [6.45, 7) is 5.84. The Balaban J connectivity index is 2.07. The molecule has 138 valence electrons. The number of carbonyl (C=O) groups is 2. The molecule has 0 bridgehead atoms. The van der Waals surface area contributed by atoms with Crippen molar-refractivity contribution < 1.29 is 19.1 Å². The highest BCUT2D eigenvalue weighted by Gasteiger charge is 2.21. The van der Waals surface area contributed by atoms with Gasteiger partial charge in [-0.15, -0.1) is 0 Å². The summed E-state index contributed by atoms with van der Waals surface area (Å²) in [4.78, 5) is 24.7. The second kappa shape index (κ2) is 9.35. The van der Waals surface area contributed by atoms with Gasteiger partial charge in [0, 0.05) is 5.56 Å². The summed E-state index contributed by atoms with van der Waals surface area (Å²) in [6.07, 6.45) is 0.431. The fourth-order valence-corrected chi connectivity index (χ4v) is 2.36. The number of esters is 1. The molecule has 0 radical (unpaired) electrons. The minimum atomic E-state index is -1.01. The highest BCUT2D eigenvalue weighted by molar-refractivity contribution is 6.03. The molecule has 0 aliphatic heterocycles. The van der Waals surface area contributed by atoms with E-state index in [-0.39, 0.29) is 11.4 Å². The van der Waals surface area contributed by atoms with E-state index >= 15 is 0 Å². The van der Waals surface area contributed by atoms with Gasteiger partial charge in [-0.3, -0.25) is 4.79 Å². The van der Waals surface area contributed by atoms with Crippen LogP contribution in [0, 0.1) is 18.3 Å². The minimum Gasteiger partial charge on any atom is -0.494 e. The van der Waals surface area contributed by atoms with Crippen molar-refractivity contribution in [2.24, 2.45) is 0 Å². The number of rotatable bonds is 7. The maximum absolute atomic E-state index is 12.4. The molecule has 0 amide bonds. The van der Waals surface area contributed by atoms with Crippen molar-refractivity contribution >= 4 is 17.8 Å². The molecule has 0 aromatic heterocycles. The van der Waals surface area contributed by atoms with Crippen molar-refractivity contribution in [3.63, 3.8) is 0 Å². The number of benzene rings is 2. The zero-order valence-corrected chi connectivity index (χ0v) is 15.6. The minimum absolute atomic E-state index is 0.162. The summed E-state index contributed by atoms with van der Waals surface area (Å²) >= 11 is 0. The standard InChI is InChI=1S/C22H21NO4/c1-4-26-20-11-9-18(10-12-20)21(24)16(3)27-22(25)19(14-23)13-17-7-5-15(2)6-8-17/h5-13,16H,4H2,1-3H3/b19-13+/t16-/m0/s1. The van der Waals surface area contributed by atoms with E-state index in [4.69, 9.17) is 9.47 Å². The number of nitrogens with zero attached hydrogens (tertiary/aromatic N) is 1. The first-order valence-corrected chi connectivity index (χ1v) is 8.61. The van der Waals surface area contributed by atoms with Gasteiger partial charge in [0.1, 0.15) is 17.4 Å². The number of Topliss-reactive ketones (excluding diaryl/α,β-unsaturated/α-hetero) is 1. The average molecular weight is 363 g/mol. The van der Waals surface area contributed by atoms with Crippen LogP contribution < -0.4 is 4.74 Å². The predicted molar refractivity (Wildman–Crippen MR) is 102 cm³/mol. The molecule has 2 aromatic carbocycles. The summed E-state index contributed by atoms with van der Waals surface area (Å²) < 4.78 is 10.5. The number of hydrogen-bond acceptors (Lipinski definition) is 5. The summed E-state index contributed by atoms with van der Waals surface area (Å²) in [5, 5.41) is 9.24. The van der Waals surface area contributed by atoms with E-state index in [0.29, 0.717) is 23.5 Å². The molecule has 2 rings (SSSR count). The van der Waals surface area contributed by atoms with Crippen LogP contribution in [0.2, 0.25) is 0 Å². The van der Waals surface area contributed by atoms with Gasteiger partial charge in [-0.25, -0.2) is 4.79 Å². The van der Waals surface area contributed by atoms with E-state index in [2.05, 4.69) is 0 Å². The van der Waals surface area contributed by atoms with Crippen LogP contribution in [0.15, 0.2) is 54.1 Å². The van der Waals surface area contributed by atoms with Gasteiger partial charge in [0.25, 0.3) is 0 Å². The van der Waals surface area contributed by atoms with E-state index in [0.717, 1.165) is 5.56 Å². The molecule has 0 saturated heterocycles. The normalized spacial score (nSPS) is 12.0. The smallest absolute Gasteiger partial charge is 0.349 e. The van der Waals surface area contributed by atoms with Gasteiger partial charge < -0.3 is 9.47 Å². The Bertz CT molecular complexity index is 874. The molecule has 27 heavy (non-hydrogen) atoms. The topological polar surface area (TPSA) is 76.4 Å². The van der Waals surface area contributed by atoms with Crippen LogP contribution in [0.25, 0.3) is 6.08 Å². The van der Waals surface area contributed by atoms with Crippen LogP contribution in [0.4, 0.5) is 0 Å². The van der Waals surface area contributed by atoms with E-state index in [1.54, 1.807) is 36.4 Å². The van der Waals surface area contributed by atoms with Crippen LogP contribution in [0.3, 0.4) is 0 Å². The zero-order chi connectivity index (χ0) is 19.8. The van der Waals surface area contributed by atoms with E-state index in [1.807, 2.05) is 32.0 Å². The lowest BCUT2D eigenvalue weighted by molar-refractivity contribution is -0.141. The number of ketones is 1. The Hall–Kier alpha value is -3.39. The molecule has 0 fully saturated rings. The number of nitriles is 1. The molecular weight excluding hydrogens is 342 g/mol. The van der Waals surface area contributed by atoms with Crippen molar-refractivity contribution in [1.82, 2.24) is 0 Å². The summed E-state index contributed by atoms with van der Waals surface area (Å²) in [6, 6.07) is 15.8. The quantitative estimate of drug-likeness (QED) is 0.320. The number of hydrogen-bond donors (Lipinski definition) is 0. The van der Waals surface area contributed by atoms with Crippen LogP contribution in [0.1, 0.15) is 35.3 Å². The molecule has 0 aliphatic carbocycles. The Morgan fingerprint density at radius 2 is 1.74 bits per heavy atom. The van der Waals surface area contributed by atoms with E-state index in [1.165, 1.54) is 13.0 Å². The van der Waals surface area contributed by atoms with E-state index in [9.17, 15) is 14.9 Å². The first kappa shape index (κ1) is 19.9. The maximum atomic E-state index is 12.4. The number of ether oxygens (including phenoxy) is 2. The molecule has 0 N–H and O–H groups in total. The molecule has 1 atom stereocenters. The molecular formula is C22H21NO4. The molecule has 2 aromatic rings. The first-order valence-electron chi connectivity index (χ1n) is 8.61. The van der Waals surface area contributed by atoms with Gasteiger partial charge in [0.15, 0.2) is 6.10 Å². The zero-order valence-electron chi connectivity index (χ0n) is 15.6. The van der Waals surface area contributed by atoms with Crippen molar-refractivity contribution in [1.29, 1.82) is 5.26 Å². The monoisotopic (exact) mass is 363 g/mol. The Morgan fingerprint density at radius 3 is 2.30 bits per heavy atom. The lowest BCUT2D eigenvalue weighted by Gasteiger charge is -2.12. The molecule has 0 unspecified atom stereocenters. The maximum Gasteiger partial charge on any atom is 0.349 e. The van der Waals surface area contributed by atoms with Gasteiger partial charge in [-0.2, -0.15) is 5.26 Å². The van der Waals surface area contributed by atoms with Crippen molar-refractivity contribution in [3.8, 4) is 11.8 Å². The molecule has 5 heteroatoms. The third-order valence-electron chi connectivity index (χ3n) is 3.83. The molecule has 0 spiro atoms. The second-order valence-electron chi connectivity index (χ2n) is 5.95. The third kappa shape index (κ3) is 5.55. The number of aryl methyl sites for hydroxylation is 1. The van der Waals surface area contributed by atoms with Crippen LogP contribution in [0.5, 0.6) is 5.75 Å². The Labute approximate surface area is 158 Å². The molecule has 5 nitrogen and oxygen atoms in total. The van der Waals surface area contributed by atoms with Crippen LogP contribution in [-0.4, -0.2) is 24.5 Å². The van der Waals surface area contributed by atoms with Gasteiger partial charge in [0.2, 0.25) is 5.78 Å². The van der Waals surface area contributed by atoms with Crippen LogP contribution >= 0.6 is 0 Å². The van der Waals surface area contributed by atoms with Crippen molar-refractivity contribution in [3.05, 3.63) is 70.8 Å². The van der Waals surface area contributed by atoms with E-state index < -0.39 is 12.1 Å². The summed E-state index contributed by atoms with van der Waals surface area (Å²) in [5.41, 5.74) is 2.02. The SMILES string of the molecule is CCOc1ccc(C(=O)[C@H](C)OC(=O)/C(C#N)=C/c2ccc(C)cc2)cc1. The highest BCUT2D eigenvalue weighted by atomic mass is 16.5. The summed E-state index contributed by atoms with van der Waals surface area (Å²) in [5.74, 6) is -0.518. The molecule has 0 saturated carbocycles. The molecule has 0 heterocycles. The van der Waals surface area contributed by atoms with Gasteiger partial charge in [0.05, 0.1) is 6.61 Å². The average Bonchev–Trinajstić information content (AvgIpc) is 2.67. The lowest BCUT2D eigenvalue weighted by atomic mass is 10.1. The van der Waals surface area contributed by atoms with Crippen molar-refractivity contribution in [2.75, 3.05) is 6.61 Å². The summed E-state index contributed by atoms with van der Waals surface area (Å²) in [7, 11) is 0. The highest BCUT2D eigenvalue weighted by Crippen LogP contribution is 2.16. The fraction of sp³-hybridized carbons (Fsp3) is 0.227. The van der Waals surface area contributed by atoms with Gasteiger partial charge in [-0.05, 0) is 56.7 Å². The number of carbonyl (C=O) groups excluding carboxylic acids is 2. The fourth-order valence-electron chi connectivity index (χ4n) is 2.36. The van der Waals surface area contributed by atoms with Crippen LogP contribution in [-0.2, 0) is 9.53 Å². The van der Waals surface area contributed by atoms with Gasteiger partial charge >= 0.3 is 5.97 Å². The molecule has 0 aliphatic rings. The largest absolute Gasteiger partial charge is 0.494 e. The lowest BCUT2D eigenvalue weighted by Crippen LogP contribution is -2.25. The first-order chi connectivity index (χ1) is 12.9. The Morgan fingerprint density at radius 1 is 1.11 bits per heavy atom. The Kier molecular flexibility index (Phi) is 6.90.